The van der Waals surface area contributed by atoms with Crippen molar-refractivity contribution in [2.45, 2.75) is 0 Å². The van der Waals surface area contributed by atoms with Gasteiger partial charge < -0.3 is 15.7 Å². The predicted molar refractivity (Wildman–Crippen MR) is 71.6 cm³/mol. The van der Waals surface area contributed by atoms with Gasteiger partial charge in [-0.05, 0) is 6.07 Å². The zero-order chi connectivity index (χ0) is 13.1. The number of aliphatic hydroxyl groups excluding tert-OH is 1. The average molecular weight is 274 g/mol. The molecule has 0 unspecified atom stereocenters. The summed E-state index contributed by atoms with van der Waals surface area (Å²) in [6.07, 6.45) is 0. The molecule has 1 saturated heterocycles. The molecule has 0 atom stereocenters. The van der Waals surface area contributed by atoms with Crippen LogP contribution in [-0.2, 0) is 0 Å². The molecule has 0 aromatic heterocycles. The van der Waals surface area contributed by atoms with Crippen molar-refractivity contribution in [3.8, 4) is 0 Å². The van der Waals surface area contributed by atoms with E-state index in [1.165, 1.54) is 12.1 Å². The predicted octanol–water partition coefficient (Wildman–Crippen LogP) is 1.18. The Balaban J connectivity index is 2.07. The Morgan fingerprint density at radius 2 is 1.94 bits per heavy atom. The molecular formula is C12H17ClFN3O. The number of piperazine rings is 1. The van der Waals surface area contributed by atoms with Crippen LogP contribution >= 0.6 is 11.6 Å². The van der Waals surface area contributed by atoms with Crippen molar-refractivity contribution < 1.29 is 9.50 Å². The lowest BCUT2D eigenvalue weighted by molar-refractivity contribution is 0.189. The number of hydrogen-bond donors (Lipinski definition) is 2. The number of nitrogens with two attached hydrogens (primary N) is 1. The van der Waals surface area contributed by atoms with E-state index >= 15 is 0 Å². The summed E-state index contributed by atoms with van der Waals surface area (Å²) in [5, 5.41) is 8.92. The fourth-order valence-electron chi connectivity index (χ4n) is 2.18. The third-order valence-electron chi connectivity index (χ3n) is 3.20. The van der Waals surface area contributed by atoms with Crippen molar-refractivity contribution in [1.29, 1.82) is 0 Å². The molecule has 1 heterocycles. The van der Waals surface area contributed by atoms with Gasteiger partial charge in [0.25, 0.3) is 0 Å². The van der Waals surface area contributed by atoms with Crippen molar-refractivity contribution in [2.75, 3.05) is 50.0 Å². The van der Waals surface area contributed by atoms with Crippen LogP contribution in [0.15, 0.2) is 12.1 Å². The van der Waals surface area contributed by atoms with Crippen LogP contribution < -0.4 is 10.6 Å². The van der Waals surface area contributed by atoms with E-state index in [0.29, 0.717) is 17.9 Å². The van der Waals surface area contributed by atoms with Gasteiger partial charge in [-0.1, -0.05) is 11.6 Å². The number of rotatable bonds is 3. The second-order valence-electron chi connectivity index (χ2n) is 4.38. The van der Waals surface area contributed by atoms with E-state index in [1.54, 1.807) is 0 Å². The van der Waals surface area contributed by atoms with Crippen LogP contribution in [0.2, 0.25) is 5.02 Å². The van der Waals surface area contributed by atoms with Gasteiger partial charge >= 0.3 is 0 Å². The Hall–Kier alpha value is -1.04. The van der Waals surface area contributed by atoms with Crippen molar-refractivity contribution >= 4 is 23.0 Å². The minimum absolute atomic E-state index is 0.0511. The van der Waals surface area contributed by atoms with Crippen LogP contribution in [0.4, 0.5) is 15.8 Å². The van der Waals surface area contributed by atoms with Gasteiger partial charge in [0.1, 0.15) is 5.82 Å². The molecule has 3 N–H and O–H groups in total. The largest absolute Gasteiger partial charge is 0.397 e. The first kappa shape index (κ1) is 13.4. The summed E-state index contributed by atoms with van der Waals surface area (Å²) in [5.74, 6) is -0.446. The van der Waals surface area contributed by atoms with Gasteiger partial charge in [0.05, 0.1) is 23.0 Å². The summed E-state index contributed by atoms with van der Waals surface area (Å²) >= 11 is 5.68. The molecule has 1 aliphatic heterocycles. The topological polar surface area (TPSA) is 52.7 Å². The van der Waals surface area contributed by atoms with Crippen LogP contribution in [0.3, 0.4) is 0 Å². The lowest BCUT2D eigenvalue weighted by atomic mass is 10.2. The van der Waals surface area contributed by atoms with Crippen LogP contribution in [0.1, 0.15) is 0 Å². The maximum atomic E-state index is 13.5. The van der Waals surface area contributed by atoms with Crippen molar-refractivity contribution in [1.82, 2.24) is 4.90 Å². The third-order valence-corrected chi connectivity index (χ3v) is 3.49. The van der Waals surface area contributed by atoms with Gasteiger partial charge in [0.15, 0.2) is 0 Å². The Labute approximate surface area is 111 Å². The van der Waals surface area contributed by atoms with Gasteiger partial charge in [0, 0.05) is 38.8 Å². The summed E-state index contributed by atoms with van der Waals surface area (Å²) in [5.41, 5.74) is 7.06. The number of aliphatic hydroxyl groups is 1. The molecule has 2 rings (SSSR count). The molecule has 0 bridgehead atoms. The number of anilines is 2. The van der Waals surface area contributed by atoms with E-state index in [1.807, 2.05) is 4.90 Å². The van der Waals surface area contributed by atoms with Crippen molar-refractivity contribution in [3.63, 3.8) is 0 Å². The molecule has 0 spiro atoms. The summed E-state index contributed by atoms with van der Waals surface area (Å²) < 4.78 is 13.5. The first-order valence-corrected chi connectivity index (χ1v) is 6.32. The lowest BCUT2D eigenvalue weighted by Crippen LogP contribution is -2.47. The zero-order valence-electron chi connectivity index (χ0n) is 10.1. The maximum absolute atomic E-state index is 13.5. The number of nitrogen functional groups attached to an aromatic ring is 1. The van der Waals surface area contributed by atoms with E-state index < -0.39 is 5.82 Å². The Kier molecular flexibility index (Phi) is 4.27. The molecule has 1 aliphatic rings. The fourth-order valence-corrected chi connectivity index (χ4v) is 2.35. The minimum atomic E-state index is -0.446. The molecule has 18 heavy (non-hydrogen) atoms. The highest BCUT2D eigenvalue weighted by Crippen LogP contribution is 2.29. The quantitative estimate of drug-likeness (QED) is 0.812. The van der Waals surface area contributed by atoms with Gasteiger partial charge in [-0.15, -0.1) is 0 Å². The van der Waals surface area contributed by atoms with E-state index in [9.17, 15) is 4.39 Å². The van der Waals surface area contributed by atoms with Gasteiger partial charge in [-0.3, -0.25) is 4.90 Å². The average Bonchev–Trinajstić information content (AvgIpc) is 2.35. The molecule has 0 saturated carbocycles. The van der Waals surface area contributed by atoms with E-state index in [-0.39, 0.29) is 11.6 Å². The smallest absolute Gasteiger partial charge is 0.144 e. The van der Waals surface area contributed by atoms with E-state index in [4.69, 9.17) is 22.4 Å². The minimum Gasteiger partial charge on any atom is -0.397 e. The normalized spacial score (nSPS) is 17.2. The first-order chi connectivity index (χ1) is 8.61. The zero-order valence-corrected chi connectivity index (χ0v) is 10.8. The molecular weight excluding hydrogens is 257 g/mol. The van der Waals surface area contributed by atoms with Crippen molar-refractivity contribution in [3.05, 3.63) is 23.0 Å². The highest BCUT2D eigenvalue weighted by molar-refractivity contribution is 6.31. The molecule has 0 radical (unpaired) electrons. The van der Waals surface area contributed by atoms with Gasteiger partial charge in [-0.25, -0.2) is 4.39 Å². The van der Waals surface area contributed by atoms with Crippen molar-refractivity contribution in [2.24, 2.45) is 0 Å². The van der Waals surface area contributed by atoms with Crippen LogP contribution in [-0.4, -0.2) is 49.3 Å². The first-order valence-electron chi connectivity index (χ1n) is 5.94. The monoisotopic (exact) mass is 273 g/mol. The van der Waals surface area contributed by atoms with E-state index in [0.717, 1.165) is 26.2 Å². The highest BCUT2D eigenvalue weighted by atomic mass is 35.5. The summed E-state index contributed by atoms with van der Waals surface area (Å²) in [7, 11) is 0. The Morgan fingerprint density at radius 3 is 2.56 bits per heavy atom. The highest BCUT2D eigenvalue weighted by Gasteiger charge is 2.19. The summed E-state index contributed by atoms with van der Waals surface area (Å²) in [6, 6.07) is 2.84. The van der Waals surface area contributed by atoms with E-state index in [2.05, 4.69) is 4.90 Å². The lowest BCUT2D eigenvalue weighted by Gasteiger charge is -2.36. The van der Waals surface area contributed by atoms with Gasteiger partial charge in [-0.2, -0.15) is 0 Å². The second kappa shape index (κ2) is 5.73. The van der Waals surface area contributed by atoms with Crippen LogP contribution in [0.5, 0.6) is 0 Å². The summed E-state index contributed by atoms with van der Waals surface area (Å²) in [4.78, 5) is 4.21. The Morgan fingerprint density at radius 1 is 1.28 bits per heavy atom. The third kappa shape index (κ3) is 2.85. The molecule has 100 valence electrons. The molecule has 0 aliphatic carbocycles. The molecule has 1 fully saturated rings. The van der Waals surface area contributed by atoms with Crippen LogP contribution in [0, 0.1) is 5.82 Å². The molecule has 1 aromatic carbocycles. The molecule has 0 amide bonds. The number of β-amino-alcohol motifs (C(OH)–C–C–N with tert-alkyl or cyclic N) is 1. The standard InChI is InChI=1S/C12H17ClFN3O/c13-9-7-11(15)12(8-10(9)14)17-3-1-16(2-4-17)5-6-18/h7-8,18H,1-6,15H2. The fraction of sp³-hybridized carbons (Fsp3) is 0.500. The Bertz CT molecular complexity index is 422. The molecule has 4 nitrogen and oxygen atoms in total. The SMILES string of the molecule is Nc1cc(Cl)c(F)cc1N1CCN(CCO)CC1. The number of benzene rings is 1. The number of nitrogens with zero attached hydrogens (tertiary/aromatic N) is 2. The number of hydrogen-bond acceptors (Lipinski definition) is 4. The molecule has 1 aromatic rings. The molecule has 6 heteroatoms. The van der Waals surface area contributed by atoms with Gasteiger partial charge in [0.2, 0.25) is 0 Å². The second-order valence-corrected chi connectivity index (χ2v) is 4.78. The maximum Gasteiger partial charge on any atom is 0.144 e. The van der Waals surface area contributed by atoms with Crippen LogP contribution in [0.25, 0.3) is 0 Å². The summed E-state index contributed by atoms with van der Waals surface area (Å²) in [6.45, 7) is 4.06. The number of halogens is 2.